The topological polar surface area (TPSA) is 17.1 Å². The van der Waals surface area contributed by atoms with Gasteiger partial charge in [-0.3, -0.25) is 0 Å². The van der Waals surface area contributed by atoms with Crippen LogP contribution in [0, 0.1) is 30.6 Å². The number of unbranched alkanes of at least 4 members (excludes halogenated alkanes) is 1. The van der Waals surface area contributed by atoms with E-state index in [-0.39, 0.29) is 55.2 Å². The number of thiol groups is 1. The zero-order valence-electron chi connectivity index (χ0n) is 13.8. The van der Waals surface area contributed by atoms with Crippen molar-refractivity contribution in [2.45, 2.75) is 60.8 Å². The van der Waals surface area contributed by atoms with E-state index in [4.69, 9.17) is 0 Å². The molecule has 0 spiro atoms. The maximum Gasteiger partial charge on any atom is 0.111 e. The van der Waals surface area contributed by atoms with Crippen molar-refractivity contribution in [2.75, 3.05) is 5.75 Å². The quantitative estimate of drug-likeness (QED) is 0.550. The molecule has 1 unspecified atom stereocenters. The molecule has 0 saturated heterocycles. The minimum atomic E-state index is -0.252. The zero-order valence-corrected chi connectivity index (χ0v) is 17.5. The first-order valence-corrected chi connectivity index (χ1v) is 7.36. The van der Waals surface area contributed by atoms with Gasteiger partial charge in [0.1, 0.15) is 5.78 Å². The standard InChI is InChI=1S/C12H23O.C4H9S.Y/c1-9(8-11(2,3)4)10(13)12(5,6)7;1-2-3-4-5;/h9H,1,8H2,2-7H3;5H,1-4H2;/q2*-1;. The Bertz CT molecular complexity index is 224. The number of rotatable bonds is 4. The van der Waals surface area contributed by atoms with E-state index >= 15 is 0 Å². The Morgan fingerprint density at radius 1 is 1.16 bits per heavy atom. The van der Waals surface area contributed by atoms with Crippen LogP contribution >= 0.6 is 12.6 Å². The maximum atomic E-state index is 11.8. The van der Waals surface area contributed by atoms with Crippen LogP contribution < -0.4 is 0 Å². The molecular formula is C16H32OSY-2. The van der Waals surface area contributed by atoms with Gasteiger partial charge in [0, 0.05) is 38.1 Å². The Morgan fingerprint density at radius 3 is 1.74 bits per heavy atom. The predicted molar refractivity (Wildman–Crippen MR) is 85.8 cm³/mol. The van der Waals surface area contributed by atoms with Crippen molar-refractivity contribution in [3.63, 3.8) is 0 Å². The number of hydrogen-bond donors (Lipinski definition) is 1. The Kier molecular flexibility index (Phi) is 15.5. The molecule has 113 valence electrons. The molecule has 0 rings (SSSR count). The van der Waals surface area contributed by atoms with Crippen LogP contribution in [0.3, 0.4) is 0 Å². The van der Waals surface area contributed by atoms with Crippen LogP contribution in [0.25, 0.3) is 0 Å². The summed E-state index contributed by atoms with van der Waals surface area (Å²) in [6, 6.07) is 0. The molecule has 0 fully saturated rings. The van der Waals surface area contributed by atoms with Gasteiger partial charge in [0.15, 0.2) is 0 Å². The van der Waals surface area contributed by atoms with Crippen LogP contribution in [0.15, 0.2) is 0 Å². The van der Waals surface area contributed by atoms with Gasteiger partial charge in [0.25, 0.3) is 0 Å². The molecule has 0 aromatic carbocycles. The molecule has 0 saturated carbocycles. The molecule has 1 atom stereocenters. The van der Waals surface area contributed by atoms with Crippen molar-refractivity contribution < 1.29 is 37.5 Å². The SMILES string of the molecule is [CH2-]C(CC(C)(C)C)C(=O)C(C)(C)C.[CH2-]CCCS.[Y]. The first kappa shape index (κ1) is 25.1. The van der Waals surface area contributed by atoms with Crippen molar-refractivity contribution in [2.24, 2.45) is 16.7 Å². The smallest absolute Gasteiger partial charge is 0.111 e. The summed E-state index contributed by atoms with van der Waals surface area (Å²) in [5.41, 5.74) is -0.0645. The van der Waals surface area contributed by atoms with E-state index in [1.165, 1.54) is 0 Å². The van der Waals surface area contributed by atoms with Crippen molar-refractivity contribution in [1.29, 1.82) is 0 Å². The van der Waals surface area contributed by atoms with Crippen LogP contribution in [0.4, 0.5) is 0 Å². The number of Topliss-reactive ketones (excluding diaryl/α,β-unsaturated/α-hetero) is 1. The summed E-state index contributed by atoms with van der Waals surface area (Å²) in [6.07, 6.45) is 3.02. The molecule has 0 bridgehead atoms. The van der Waals surface area contributed by atoms with Gasteiger partial charge in [-0.1, -0.05) is 54.4 Å². The summed E-state index contributed by atoms with van der Waals surface area (Å²) in [5.74, 6) is 1.17. The van der Waals surface area contributed by atoms with Gasteiger partial charge >= 0.3 is 0 Å². The van der Waals surface area contributed by atoms with E-state index in [9.17, 15) is 4.79 Å². The molecule has 1 nitrogen and oxygen atoms in total. The minimum Gasteiger partial charge on any atom is -0.343 e. The minimum absolute atomic E-state index is 0. The third kappa shape index (κ3) is 17.1. The van der Waals surface area contributed by atoms with Gasteiger partial charge in [-0.15, -0.1) is 5.92 Å². The fraction of sp³-hybridized carbons (Fsp3) is 0.812. The average Bonchev–Trinajstić information content (AvgIpc) is 2.14. The molecule has 0 aliphatic heterocycles. The summed E-state index contributed by atoms with van der Waals surface area (Å²) in [7, 11) is 0. The van der Waals surface area contributed by atoms with Crippen LogP contribution in [-0.4, -0.2) is 11.5 Å². The van der Waals surface area contributed by atoms with Gasteiger partial charge in [-0.25, -0.2) is 0 Å². The fourth-order valence-electron chi connectivity index (χ4n) is 1.56. The normalized spacial score (nSPS) is 12.9. The summed E-state index contributed by atoms with van der Waals surface area (Å²) in [5, 5.41) is 0. The second-order valence-electron chi connectivity index (χ2n) is 7.01. The molecule has 0 amide bonds. The number of carbonyl (C=O) groups excluding carboxylic acids is 1. The summed E-state index contributed by atoms with van der Waals surface area (Å²) >= 11 is 3.96. The van der Waals surface area contributed by atoms with Gasteiger partial charge in [0.2, 0.25) is 0 Å². The third-order valence-electron chi connectivity index (χ3n) is 2.38. The van der Waals surface area contributed by atoms with Crippen LogP contribution in [0.5, 0.6) is 0 Å². The van der Waals surface area contributed by atoms with Gasteiger partial charge in [-0.2, -0.15) is 19.0 Å². The van der Waals surface area contributed by atoms with E-state index in [0.717, 1.165) is 25.0 Å². The largest absolute Gasteiger partial charge is 0.343 e. The second-order valence-corrected chi connectivity index (χ2v) is 7.45. The van der Waals surface area contributed by atoms with E-state index in [0.29, 0.717) is 0 Å². The second kappa shape index (κ2) is 11.7. The maximum absolute atomic E-state index is 11.8. The number of hydrogen-bond acceptors (Lipinski definition) is 2. The van der Waals surface area contributed by atoms with E-state index in [2.05, 4.69) is 47.2 Å². The molecule has 0 aliphatic carbocycles. The molecule has 0 heterocycles. The van der Waals surface area contributed by atoms with Gasteiger partial charge in [0.05, 0.1) is 0 Å². The Labute approximate surface area is 152 Å². The van der Waals surface area contributed by atoms with Crippen molar-refractivity contribution in [3.8, 4) is 0 Å². The molecule has 19 heavy (non-hydrogen) atoms. The number of ketones is 1. The van der Waals surface area contributed by atoms with E-state index < -0.39 is 0 Å². The molecule has 0 aromatic rings. The van der Waals surface area contributed by atoms with Crippen LogP contribution in [0.1, 0.15) is 60.8 Å². The van der Waals surface area contributed by atoms with E-state index in [1.807, 2.05) is 20.8 Å². The van der Waals surface area contributed by atoms with Crippen molar-refractivity contribution in [1.82, 2.24) is 0 Å². The first-order chi connectivity index (χ1) is 7.95. The fourth-order valence-corrected chi connectivity index (χ4v) is 1.78. The third-order valence-corrected chi connectivity index (χ3v) is 2.69. The predicted octanol–water partition coefficient (Wildman–Crippen LogP) is 5.02. The van der Waals surface area contributed by atoms with E-state index in [1.54, 1.807) is 0 Å². The van der Waals surface area contributed by atoms with Gasteiger partial charge in [-0.05, 0) is 11.2 Å². The Hall–Kier alpha value is 1.12. The first-order valence-electron chi connectivity index (χ1n) is 6.73. The summed E-state index contributed by atoms with van der Waals surface area (Å²) < 4.78 is 0. The molecule has 0 aliphatic rings. The number of carbonyl (C=O) groups is 1. The Morgan fingerprint density at radius 2 is 1.58 bits per heavy atom. The molecular weight excluding hydrogens is 329 g/mol. The van der Waals surface area contributed by atoms with Crippen LogP contribution in [0.2, 0.25) is 0 Å². The average molecular weight is 361 g/mol. The molecule has 0 aromatic heterocycles. The van der Waals surface area contributed by atoms with Crippen molar-refractivity contribution >= 4 is 18.4 Å². The summed E-state index contributed by atoms with van der Waals surface area (Å²) in [4.78, 5) is 11.8. The monoisotopic (exact) mass is 361 g/mol. The summed E-state index contributed by atoms with van der Waals surface area (Å²) in [6.45, 7) is 19.9. The van der Waals surface area contributed by atoms with Crippen LogP contribution in [-0.2, 0) is 37.5 Å². The van der Waals surface area contributed by atoms with Gasteiger partial charge < -0.3 is 18.6 Å². The molecule has 0 N–H and O–H groups in total. The molecule has 3 heteroatoms. The van der Waals surface area contributed by atoms with Crippen molar-refractivity contribution in [3.05, 3.63) is 13.8 Å². The zero-order chi connectivity index (χ0) is 15.0. The molecule has 1 radical (unpaired) electrons. The Balaban J connectivity index is -0.000000366.